The first-order valence-electron chi connectivity index (χ1n) is 6.80. The monoisotopic (exact) mass is 361 g/mol. The van der Waals surface area contributed by atoms with Gasteiger partial charge in [0.05, 0.1) is 11.5 Å². The molecule has 1 aromatic rings. The minimum absolute atomic E-state index is 0.0432. The number of rotatable bonds is 5. The van der Waals surface area contributed by atoms with Crippen LogP contribution in [0.15, 0.2) is 27.6 Å². The highest BCUT2D eigenvalue weighted by Crippen LogP contribution is 2.29. The van der Waals surface area contributed by atoms with E-state index in [2.05, 4.69) is 15.9 Å². The van der Waals surface area contributed by atoms with Crippen molar-refractivity contribution in [1.82, 2.24) is 4.31 Å². The van der Waals surface area contributed by atoms with Crippen molar-refractivity contribution in [3.8, 4) is 0 Å². The van der Waals surface area contributed by atoms with Crippen LogP contribution in [0.5, 0.6) is 0 Å². The zero-order chi connectivity index (χ0) is 14.8. The van der Waals surface area contributed by atoms with E-state index in [0.29, 0.717) is 24.5 Å². The lowest BCUT2D eigenvalue weighted by molar-refractivity contribution is 0.149. The lowest BCUT2D eigenvalue weighted by Crippen LogP contribution is -2.38. The molecule has 2 rings (SSSR count). The molecule has 0 amide bonds. The minimum Gasteiger partial charge on any atom is -0.383 e. The summed E-state index contributed by atoms with van der Waals surface area (Å²) < 4.78 is 33.4. The second-order valence-corrected chi connectivity index (χ2v) is 7.75. The van der Waals surface area contributed by atoms with E-state index in [9.17, 15) is 8.42 Å². The summed E-state index contributed by atoms with van der Waals surface area (Å²) in [6.45, 7) is 3.00. The summed E-state index contributed by atoms with van der Waals surface area (Å²) in [5.74, 6) is 0. The van der Waals surface area contributed by atoms with Crippen LogP contribution >= 0.6 is 15.9 Å². The van der Waals surface area contributed by atoms with Gasteiger partial charge in [0.1, 0.15) is 0 Å². The van der Waals surface area contributed by atoms with E-state index >= 15 is 0 Å². The number of methoxy groups -OCH3 is 1. The van der Waals surface area contributed by atoms with E-state index in [1.807, 2.05) is 13.0 Å². The molecule has 0 N–H and O–H groups in total. The third-order valence-corrected chi connectivity index (χ3v) is 6.22. The number of sulfonamides is 1. The molecule has 1 fully saturated rings. The van der Waals surface area contributed by atoms with E-state index in [1.54, 1.807) is 23.5 Å². The summed E-state index contributed by atoms with van der Waals surface area (Å²) in [6.07, 6.45) is 2.45. The fourth-order valence-electron chi connectivity index (χ4n) is 2.69. The smallest absolute Gasteiger partial charge is 0.243 e. The summed E-state index contributed by atoms with van der Waals surface area (Å²) in [6, 6.07) is 5.32. The summed E-state index contributed by atoms with van der Waals surface area (Å²) in [5, 5.41) is 0. The molecular weight excluding hydrogens is 342 g/mol. The van der Waals surface area contributed by atoms with E-state index in [-0.39, 0.29) is 6.04 Å². The standard InChI is InChI=1S/C14H20BrNO3S/c1-3-11-9-12(15)6-7-14(11)20(17,18)16-8-4-5-13(16)10-19-2/h6-7,9,13H,3-5,8,10H2,1-2H3/t13-/m1/s1. The van der Waals surface area contributed by atoms with Gasteiger partial charge in [-0.25, -0.2) is 8.42 Å². The predicted molar refractivity (Wildman–Crippen MR) is 82.3 cm³/mol. The largest absolute Gasteiger partial charge is 0.383 e. The van der Waals surface area contributed by atoms with Crippen molar-refractivity contribution >= 4 is 26.0 Å². The van der Waals surface area contributed by atoms with Crippen LogP contribution in [0.2, 0.25) is 0 Å². The average molecular weight is 362 g/mol. The predicted octanol–water partition coefficient (Wildman–Crippen LogP) is 2.81. The molecule has 0 bridgehead atoms. The molecule has 1 atom stereocenters. The Kier molecular flexibility index (Phi) is 5.23. The van der Waals surface area contributed by atoms with Crippen molar-refractivity contribution in [2.75, 3.05) is 20.3 Å². The Balaban J connectivity index is 2.39. The molecule has 6 heteroatoms. The topological polar surface area (TPSA) is 46.6 Å². The van der Waals surface area contributed by atoms with Crippen molar-refractivity contribution in [1.29, 1.82) is 0 Å². The molecular formula is C14H20BrNO3S. The molecule has 0 spiro atoms. The van der Waals surface area contributed by atoms with Gasteiger partial charge in [0.2, 0.25) is 10.0 Å². The molecule has 1 aliphatic heterocycles. The van der Waals surface area contributed by atoms with Crippen LogP contribution in [0.4, 0.5) is 0 Å². The van der Waals surface area contributed by atoms with Crippen LogP contribution in [0.25, 0.3) is 0 Å². The number of hydrogen-bond donors (Lipinski definition) is 0. The molecule has 1 heterocycles. The Hall–Kier alpha value is -0.430. The molecule has 4 nitrogen and oxygen atoms in total. The Morgan fingerprint density at radius 1 is 1.45 bits per heavy atom. The van der Waals surface area contributed by atoms with Crippen LogP contribution in [-0.4, -0.2) is 39.0 Å². The quantitative estimate of drug-likeness (QED) is 0.809. The van der Waals surface area contributed by atoms with E-state index in [4.69, 9.17) is 4.74 Å². The summed E-state index contributed by atoms with van der Waals surface area (Å²) >= 11 is 3.40. The normalized spacial score (nSPS) is 20.4. The van der Waals surface area contributed by atoms with Gasteiger partial charge in [0, 0.05) is 24.2 Å². The molecule has 0 saturated carbocycles. The second kappa shape index (κ2) is 6.56. The molecule has 0 aliphatic carbocycles. The fraction of sp³-hybridized carbons (Fsp3) is 0.571. The maximum Gasteiger partial charge on any atom is 0.243 e. The SMILES string of the molecule is CCc1cc(Br)ccc1S(=O)(=O)N1CCC[C@@H]1COC. The van der Waals surface area contributed by atoms with Gasteiger partial charge in [-0.15, -0.1) is 0 Å². The summed E-state index contributed by atoms with van der Waals surface area (Å²) in [4.78, 5) is 0.422. The van der Waals surface area contributed by atoms with Crippen LogP contribution < -0.4 is 0 Å². The van der Waals surface area contributed by atoms with Crippen molar-refractivity contribution in [3.63, 3.8) is 0 Å². The summed E-state index contributed by atoms with van der Waals surface area (Å²) in [5.41, 5.74) is 0.849. The zero-order valence-electron chi connectivity index (χ0n) is 11.8. The van der Waals surface area contributed by atoms with Crippen LogP contribution in [0, 0.1) is 0 Å². The number of hydrogen-bond acceptors (Lipinski definition) is 3. The highest BCUT2D eigenvalue weighted by molar-refractivity contribution is 9.10. The lowest BCUT2D eigenvalue weighted by atomic mass is 10.2. The summed E-state index contributed by atoms with van der Waals surface area (Å²) in [7, 11) is -1.83. The molecule has 112 valence electrons. The third kappa shape index (κ3) is 3.08. The van der Waals surface area contributed by atoms with Crippen LogP contribution in [-0.2, 0) is 21.2 Å². The van der Waals surface area contributed by atoms with Gasteiger partial charge in [-0.05, 0) is 43.0 Å². The Bertz CT molecular complexity index is 574. The molecule has 1 aliphatic rings. The van der Waals surface area contributed by atoms with Gasteiger partial charge in [-0.1, -0.05) is 22.9 Å². The van der Waals surface area contributed by atoms with Gasteiger partial charge in [0.25, 0.3) is 0 Å². The second-order valence-electron chi connectivity index (χ2n) is 4.97. The number of halogens is 1. The number of benzene rings is 1. The molecule has 0 radical (unpaired) electrons. The first kappa shape index (κ1) is 15.9. The average Bonchev–Trinajstić information content (AvgIpc) is 2.87. The van der Waals surface area contributed by atoms with Gasteiger partial charge in [0.15, 0.2) is 0 Å². The fourth-order valence-corrected chi connectivity index (χ4v) is 5.05. The Labute approximate surface area is 129 Å². The third-order valence-electron chi connectivity index (χ3n) is 3.67. The van der Waals surface area contributed by atoms with Gasteiger partial charge >= 0.3 is 0 Å². The molecule has 20 heavy (non-hydrogen) atoms. The number of aryl methyl sites for hydroxylation is 1. The molecule has 0 aromatic heterocycles. The van der Waals surface area contributed by atoms with Crippen molar-refractivity contribution < 1.29 is 13.2 Å². The molecule has 1 aromatic carbocycles. The first-order valence-corrected chi connectivity index (χ1v) is 9.03. The van der Waals surface area contributed by atoms with Gasteiger partial charge in [-0.3, -0.25) is 0 Å². The van der Waals surface area contributed by atoms with Gasteiger partial charge < -0.3 is 4.74 Å². The van der Waals surface area contributed by atoms with Crippen LogP contribution in [0.1, 0.15) is 25.3 Å². The number of ether oxygens (including phenoxy) is 1. The van der Waals surface area contributed by atoms with E-state index < -0.39 is 10.0 Å². The first-order chi connectivity index (χ1) is 9.50. The van der Waals surface area contributed by atoms with Crippen molar-refractivity contribution in [2.45, 2.75) is 37.1 Å². The van der Waals surface area contributed by atoms with Crippen molar-refractivity contribution in [2.24, 2.45) is 0 Å². The minimum atomic E-state index is -3.44. The van der Waals surface area contributed by atoms with Gasteiger partial charge in [-0.2, -0.15) is 4.31 Å². The van der Waals surface area contributed by atoms with E-state index in [0.717, 1.165) is 22.9 Å². The maximum atomic E-state index is 12.9. The number of nitrogens with zero attached hydrogens (tertiary/aromatic N) is 1. The van der Waals surface area contributed by atoms with E-state index in [1.165, 1.54) is 0 Å². The maximum absolute atomic E-state index is 12.9. The van der Waals surface area contributed by atoms with Crippen molar-refractivity contribution in [3.05, 3.63) is 28.2 Å². The lowest BCUT2D eigenvalue weighted by Gasteiger charge is -2.24. The molecule has 0 unspecified atom stereocenters. The highest BCUT2D eigenvalue weighted by Gasteiger charge is 2.36. The Morgan fingerprint density at radius 2 is 2.20 bits per heavy atom. The molecule has 1 saturated heterocycles. The highest BCUT2D eigenvalue weighted by atomic mass is 79.9. The zero-order valence-corrected chi connectivity index (χ0v) is 14.2. The van der Waals surface area contributed by atoms with Crippen LogP contribution in [0.3, 0.4) is 0 Å². The Morgan fingerprint density at radius 3 is 2.85 bits per heavy atom.